The largest absolute Gasteiger partial charge is 0.337 e. The second-order valence-corrected chi connectivity index (χ2v) is 10.6. The van der Waals surface area contributed by atoms with Gasteiger partial charge in [-0.2, -0.15) is 0 Å². The van der Waals surface area contributed by atoms with Crippen molar-refractivity contribution in [1.82, 2.24) is 13.4 Å². The highest BCUT2D eigenvalue weighted by Gasteiger charge is 2.27. The minimum absolute atomic E-state index is 0.757. The molecule has 1 aliphatic heterocycles. The van der Waals surface area contributed by atoms with Crippen molar-refractivity contribution in [1.29, 1.82) is 0 Å². The molecule has 0 spiro atoms. The molecule has 0 saturated carbocycles. The minimum atomic E-state index is -1.19. The highest BCUT2D eigenvalue weighted by Crippen LogP contribution is 2.03. The van der Waals surface area contributed by atoms with Gasteiger partial charge in [-0.25, -0.2) is 0 Å². The lowest BCUT2D eigenvalue weighted by Gasteiger charge is -2.33. The van der Waals surface area contributed by atoms with Gasteiger partial charge in [0.15, 0.2) is 17.5 Å². The zero-order chi connectivity index (χ0) is 6.91. The van der Waals surface area contributed by atoms with E-state index in [0.717, 1.165) is 0 Å². The molecule has 0 amide bonds. The highest BCUT2D eigenvalue weighted by molar-refractivity contribution is 7.98. The Balaban J connectivity index is 2.41. The standard InChI is InChI=1S/C3H13N3SSi2/c1-8-4-7-5-9(2,3)6-8/h4-6,8H,1-3H3. The molecule has 0 aromatic heterocycles. The Labute approximate surface area is 63.2 Å². The Morgan fingerprint density at radius 2 is 2.11 bits per heavy atom. The summed E-state index contributed by atoms with van der Waals surface area (Å²) in [5.41, 5.74) is 0. The molecule has 6 heteroatoms. The van der Waals surface area contributed by atoms with Crippen LogP contribution in [0.2, 0.25) is 19.6 Å². The number of nitrogens with one attached hydrogen (secondary N) is 3. The van der Waals surface area contributed by atoms with Crippen LogP contribution in [-0.2, 0) is 0 Å². The van der Waals surface area contributed by atoms with E-state index in [1.54, 1.807) is 12.1 Å². The second-order valence-electron chi connectivity index (χ2n) is 2.81. The molecule has 1 saturated heterocycles. The third-order valence-electron chi connectivity index (χ3n) is 1.12. The van der Waals surface area contributed by atoms with Gasteiger partial charge in [-0.05, 0) is 31.8 Å². The van der Waals surface area contributed by atoms with E-state index in [2.05, 4.69) is 33.1 Å². The van der Waals surface area contributed by atoms with Crippen molar-refractivity contribution in [2.24, 2.45) is 0 Å². The monoisotopic (exact) mass is 179 g/mol. The fourth-order valence-electron chi connectivity index (χ4n) is 0.846. The summed E-state index contributed by atoms with van der Waals surface area (Å²) in [5, 5.41) is 0. The second kappa shape index (κ2) is 2.73. The molecule has 1 rings (SSSR count). The highest BCUT2D eigenvalue weighted by atomic mass is 32.2. The smallest absolute Gasteiger partial charge is 0.200 e. The molecule has 54 valence electrons. The zero-order valence-electron chi connectivity index (χ0n) is 5.99. The zero-order valence-corrected chi connectivity index (χ0v) is 8.96. The van der Waals surface area contributed by atoms with Gasteiger partial charge in [0.25, 0.3) is 0 Å². The first kappa shape index (κ1) is 7.77. The van der Waals surface area contributed by atoms with E-state index in [1.165, 1.54) is 0 Å². The maximum atomic E-state index is 3.59. The summed E-state index contributed by atoms with van der Waals surface area (Å²) >= 11 is 1.67. The van der Waals surface area contributed by atoms with E-state index in [1.807, 2.05) is 0 Å². The minimum Gasteiger partial charge on any atom is -0.337 e. The van der Waals surface area contributed by atoms with E-state index in [0.29, 0.717) is 0 Å². The molecule has 0 bridgehead atoms. The van der Waals surface area contributed by atoms with Gasteiger partial charge in [0, 0.05) is 0 Å². The Bertz CT molecular complexity index is 109. The van der Waals surface area contributed by atoms with Crippen LogP contribution in [0.1, 0.15) is 0 Å². The molecule has 1 atom stereocenters. The van der Waals surface area contributed by atoms with Crippen molar-refractivity contribution in [3.63, 3.8) is 0 Å². The Hall–Kier alpha value is 0.664. The summed E-state index contributed by atoms with van der Waals surface area (Å²) in [7, 11) is -1.95. The van der Waals surface area contributed by atoms with Crippen LogP contribution in [0.4, 0.5) is 0 Å². The van der Waals surface area contributed by atoms with Gasteiger partial charge >= 0.3 is 0 Å². The van der Waals surface area contributed by atoms with E-state index in [9.17, 15) is 0 Å². The lowest BCUT2D eigenvalue weighted by molar-refractivity contribution is 1.19. The third-order valence-corrected chi connectivity index (χ3v) is 10.1. The SMILES string of the molecule is C[SiH]1NSN[Si](C)(C)N1. The molecule has 1 heterocycles. The molecule has 0 aromatic carbocycles. The Morgan fingerprint density at radius 1 is 1.44 bits per heavy atom. The molecule has 1 aliphatic rings. The molecular weight excluding hydrogens is 166 g/mol. The van der Waals surface area contributed by atoms with Crippen LogP contribution >= 0.6 is 12.1 Å². The maximum absolute atomic E-state index is 3.59. The third kappa shape index (κ3) is 2.40. The summed E-state index contributed by atoms with van der Waals surface area (Å²) < 4.78 is 10.3. The fraction of sp³-hybridized carbons (Fsp3) is 1.00. The summed E-state index contributed by atoms with van der Waals surface area (Å²) in [4.78, 5) is 0. The normalized spacial score (nSPS) is 34.3. The van der Waals surface area contributed by atoms with Gasteiger partial charge in [-0.3, -0.25) is 8.78 Å². The van der Waals surface area contributed by atoms with Gasteiger partial charge in [0.05, 0.1) is 0 Å². The van der Waals surface area contributed by atoms with Crippen molar-refractivity contribution >= 4 is 29.7 Å². The van der Waals surface area contributed by atoms with E-state index in [4.69, 9.17) is 0 Å². The quantitative estimate of drug-likeness (QED) is 0.358. The summed E-state index contributed by atoms with van der Waals surface area (Å²) in [5.74, 6) is 0. The molecule has 0 aromatic rings. The van der Waals surface area contributed by atoms with Crippen LogP contribution < -0.4 is 13.4 Å². The van der Waals surface area contributed by atoms with Gasteiger partial charge in [-0.1, -0.05) is 0 Å². The van der Waals surface area contributed by atoms with Crippen molar-refractivity contribution < 1.29 is 0 Å². The van der Waals surface area contributed by atoms with Crippen LogP contribution in [0.25, 0.3) is 0 Å². The van der Waals surface area contributed by atoms with Crippen LogP contribution in [0.15, 0.2) is 0 Å². The molecule has 1 fully saturated rings. The fourth-order valence-corrected chi connectivity index (χ4v) is 9.20. The van der Waals surface area contributed by atoms with Crippen molar-refractivity contribution in [2.45, 2.75) is 19.6 Å². The molecular formula is C3H13N3SSi2. The van der Waals surface area contributed by atoms with Crippen LogP contribution in [0.5, 0.6) is 0 Å². The molecule has 0 aliphatic carbocycles. The van der Waals surface area contributed by atoms with Gasteiger partial charge in [-0.15, -0.1) is 0 Å². The van der Waals surface area contributed by atoms with Gasteiger partial charge in [0.2, 0.25) is 0 Å². The van der Waals surface area contributed by atoms with Crippen LogP contribution in [0, 0.1) is 0 Å². The predicted octanol–water partition coefficient (Wildman–Crippen LogP) is -0.116. The Morgan fingerprint density at radius 3 is 2.44 bits per heavy atom. The van der Waals surface area contributed by atoms with Gasteiger partial charge < -0.3 is 4.65 Å². The van der Waals surface area contributed by atoms with Crippen molar-refractivity contribution in [3.05, 3.63) is 0 Å². The van der Waals surface area contributed by atoms with Gasteiger partial charge in [0.1, 0.15) is 0 Å². The topological polar surface area (TPSA) is 36.1 Å². The summed E-state index contributed by atoms with van der Waals surface area (Å²) in [6, 6.07) is 0. The Kier molecular flexibility index (Phi) is 2.35. The van der Waals surface area contributed by atoms with Crippen LogP contribution in [-0.4, -0.2) is 17.5 Å². The average molecular weight is 179 g/mol. The maximum Gasteiger partial charge on any atom is 0.200 e. The summed E-state index contributed by atoms with van der Waals surface area (Å²) in [6.45, 7) is 6.83. The predicted molar refractivity (Wildman–Crippen MR) is 47.5 cm³/mol. The molecule has 3 N–H and O–H groups in total. The van der Waals surface area contributed by atoms with E-state index < -0.39 is 17.5 Å². The van der Waals surface area contributed by atoms with Crippen LogP contribution in [0.3, 0.4) is 0 Å². The first-order chi connectivity index (χ1) is 4.10. The molecule has 9 heavy (non-hydrogen) atoms. The number of hydrogen-bond acceptors (Lipinski definition) is 4. The average Bonchev–Trinajstić information content (AvgIpc) is 1.60. The number of rotatable bonds is 0. The molecule has 3 nitrogen and oxygen atoms in total. The molecule has 1 unspecified atom stereocenters. The van der Waals surface area contributed by atoms with E-state index >= 15 is 0 Å². The van der Waals surface area contributed by atoms with Crippen molar-refractivity contribution in [3.8, 4) is 0 Å². The molecule has 0 radical (unpaired) electrons. The van der Waals surface area contributed by atoms with E-state index in [-0.39, 0.29) is 0 Å². The first-order valence-corrected chi connectivity index (χ1v) is 9.19. The number of hydrogen-bond donors (Lipinski definition) is 3. The lowest BCUT2D eigenvalue weighted by Crippen LogP contribution is -2.67. The first-order valence-electron chi connectivity index (χ1n) is 3.06. The summed E-state index contributed by atoms with van der Waals surface area (Å²) in [6.07, 6.45) is 0. The lowest BCUT2D eigenvalue weighted by atomic mass is 11.9. The van der Waals surface area contributed by atoms with Crippen molar-refractivity contribution in [2.75, 3.05) is 0 Å².